The molecule has 1 aromatic heterocycles. The minimum absolute atomic E-state index is 0.120. The first-order valence-corrected chi connectivity index (χ1v) is 10.9. The smallest absolute Gasteiger partial charge is 0.263 e. The van der Waals surface area contributed by atoms with Gasteiger partial charge in [0.05, 0.1) is 11.5 Å². The fourth-order valence-electron chi connectivity index (χ4n) is 3.10. The zero-order chi connectivity index (χ0) is 20.0. The number of aromatic nitrogens is 1. The molecular weight excluding hydrogens is 378 g/mol. The number of nitrogens with zero attached hydrogens (tertiary/aromatic N) is 1. The lowest BCUT2D eigenvalue weighted by molar-refractivity contribution is 0.101. The van der Waals surface area contributed by atoms with Gasteiger partial charge in [-0.05, 0) is 81.6 Å². The molecule has 1 fully saturated rings. The molecule has 150 valence electrons. The summed E-state index contributed by atoms with van der Waals surface area (Å²) in [4.78, 5) is 15.4. The fourth-order valence-corrected chi connectivity index (χ4v) is 4.11. The van der Waals surface area contributed by atoms with Crippen LogP contribution in [0.2, 0.25) is 0 Å². The molecule has 1 aliphatic rings. The molecular formula is C20H25N3O4S. The molecule has 0 aliphatic carbocycles. The quantitative estimate of drug-likeness (QED) is 0.494. The van der Waals surface area contributed by atoms with Crippen molar-refractivity contribution in [2.75, 3.05) is 24.4 Å². The van der Waals surface area contributed by atoms with Gasteiger partial charge in [0.25, 0.3) is 10.0 Å². The van der Waals surface area contributed by atoms with E-state index >= 15 is 0 Å². The molecule has 1 saturated heterocycles. The van der Waals surface area contributed by atoms with E-state index in [-0.39, 0.29) is 16.5 Å². The van der Waals surface area contributed by atoms with Crippen molar-refractivity contribution < 1.29 is 17.9 Å². The first-order valence-electron chi connectivity index (χ1n) is 9.37. The van der Waals surface area contributed by atoms with E-state index in [2.05, 4.69) is 15.0 Å². The van der Waals surface area contributed by atoms with Crippen LogP contribution in [-0.4, -0.2) is 38.9 Å². The van der Waals surface area contributed by atoms with E-state index < -0.39 is 10.0 Å². The van der Waals surface area contributed by atoms with Gasteiger partial charge < -0.3 is 10.1 Å². The van der Waals surface area contributed by atoms with E-state index in [0.717, 1.165) is 31.8 Å². The van der Waals surface area contributed by atoms with Gasteiger partial charge in [-0.15, -0.1) is 0 Å². The number of nitrogens with one attached hydrogen (secondary N) is 2. The highest BCUT2D eigenvalue weighted by Crippen LogP contribution is 2.20. The van der Waals surface area contributed by atoms with Gasteiger partial charge in [-0.1, -0.05) is 0 Å². The van der Waals surface area contributed by atoms with Crippen molar-refractivity contribution >= 4 is 21.6 Å². The summed E-state index contributed by atoms with van der Waals surface area (Å²) in [6.07, 6.45) is 4.69. The summed E-state index contributed by atoms with van der Waals surface area (Å²) in [5.74, 6) is 1.41. The maximum absolute atomic E-state index is 12.5. The normalized spacial score (nSPS) is 16.7. The predicted molar refractivity (Wildman–Crippen MR) is 107 cm³/mol. The number of rotatable bonds is 9. The predicted octanol–water partition coefficient (Wildman–Crippen LogP) is 2.85. The van der Waals surface area contributed by atoms with E-state index in [1.54, 1.807) is 12.1 Å². The van der Waals surface area contributed by atoms with Crippen LogP contribution in [0.15, 0.2) is 47.5 Å². The van der Waals surface area contributed by atoms with E-state index in [4.69, 9.17) is 4.74 Å². The van der Waals surface area contributed by atoms with Crippen LogP contribution in [0.1, 0.15) is 36.5 Å². The Labute approximate surface area is 165 Å². The average molecular weight is 404 g/mol. The lowest BCUT2D eigenvalue weighted by atomic mass is 10.0. The number of sulfonamides is 1. The zero-order valence-electron chi connectivity index (χ0n) is 15.8. The Balaban J connectivity index is 1.53. The standard InChI is InChI=1S/C20H25N3O4S/c1-15(24)17-4-9-20(22-14-17)23-28(25,26)19-7-5-18(6-8-19)27-12-2-3-16-10-11-21-13-16/h4-9,14,16,21H,2-3,10-13H2,1H3,(H,22,23). The molecule has 28 heavy (non-hydrogen) atoms. The second-order valence-corrected chi connectivity index (χ2v) is 8.60. The highest BCUT2D eigenvalue weighted by atomic mass is 32.2. The minimum Gasteiger partial charge on any atom is -0.494 e. The van der Waals surface area contributed by atoms with Gasteiger partial charge in [-0.2, -0.15) is 0 Å². The van der Waals surface area contributed by atoms with Gasteiger partial charge in [0.1, 0.15) is 11.6 Å². The van der Waals surface area contributed by atoms with Crippen LogP contribution < -0.4 is 14.8 Å². The Hall–Kier alpha value is -2.45. The monoisotopic (exact) mass is 403 g/mol. The average Bonchev–Trinajstić information content (AvgIpc) is 3.19. The molecule has 2 N–H and O–H groups in total. The molecule has 2 aromatic rings. The van der Waals surface area contributed by atoms with Gasteiger partial charge >= 0.3 is 0 Å². The second kappa shape index (κ2) is 9.16. The molecule has 1 atom stereocenters. The van der Waals surface area contributed by atoms with Crippen LogP contribution in [-0.2, 0) is 10.0 Å². The number of carbonyl (C=O) groups is 1. The van der Waals surface area contributed by atoms with Crippen LogP contribution >= 0.6 is 0 Å². The number of Topliss-reactive ketones (excluding diaryl/α,β-unsaturated/α-hetero) is 1. The largest absolute Gasteiger partial charge is 0.494 e. The number of anilines is 1. The summed E-state index contributed by atoms with van der Waals surface area (Å²) < 4.78 is 33.1. The molecule has 1 aromatic carbocycles. The van der Waals surface area contributed by atoms with Crippen molar-refractivity contribution in [2.45, 2.75) is 31.1 Å². The Kier molecular flexibility index (Phi) is 6.64. The van der Waals surface area contributed by atoms with Crippen molar-refractivity contribution in [3.63, 3.8) is 0 Å². The van der Waals surface area contributed by atoms with E-state index in [1.807, 2.05) is 0 Å². The fraction of sp³-hybridized carbons (Fsp3) is 0.400. The van der Waals surface area contributed by atoms with E-state index in [1.165, 1.54) is 43.8 Å². The second-order valence-electron chi connectivity index (χ2n) is 6.91. The van der Waals surface area contributed by atoms with Crippen LogP contribution in [0.5, 0.6) is 5.75 Å². The summed E-state index contributed by atoms with van der Waals surface area (Å²) in [6.45, 7) is 4.24. The van der Waals surface area contributed by atoms with Crippen molar-refractivity contribution in [2.24, 2.45) is 5.92 Å². The molecule has 1 aliphatic heterocycles. The van der Waals surface area contributed by atoms with Gasteiger partial charge in [0, 0.05) is 11.8 Å². The topological polar surface area (TPSA) is 97.4 Å². The SMILES string of the molecule is CC(=O)c1ccc(NS(=O)(=O)c2ccc(OCCCC3CCNC3)cc2)nc1. The molecule has 1 unspecified atom stereocenters. The molecule has 8 heteroatoms. The first-order chi connectivity index (χ1) is 13.4. The summed E-state index contributed by atoms with van der Waals surface area (Å²) >= 11 is 0. The van der Waals surface area contributed by atoms with Gasteiger partial charge in [-0.3, -0.25) is 9.52 Å². The molecule has 0 saturated carbocycles. The molecule has 0 spiro atoms. The lowest BCUT2D eigenvalue weighted by Crippen LogP contribution is -2.14. The number of hydrogen-bond acceptors (Lipinski definition) is 6. The molecule has 2 heterocycles. The maximum Gasteiger partial charge on any atom is 0.263 e. The highest BCUT2D eigenvalue weighted by molar-refractivity contribution is 7.92. The van der Waals surface area contributed by atoms with Gasteiger partial charge in [-0.25, -0.2) is 13.4 Å². The van der Waals surface area contributed by atoms with Crippen molar-refractivity contribution in [1.29, 1.82) is 0 Å². The third-order valence-corrected chi connectivity index (χ3v) is 6.10. The Morgan fingerprint density at radius 2 is 2.04 bits per heavy atom. The third-order valence-electron chi connectivity index (χ3n) is 4.73. The van der Waals surface area contributed by atoms with Crippen molar-refractivity contribution in [3.8, 4) is 5.75 Å². The number of pyridine rings is 1. The number of hydrogen-bond donors (Lipinski definition) is 2. The molecule has 7 nitrogen and oxygen atoms in total. The molecule has 0 radical (unpaired) electrons. The van der Waals surface area contributed by atoms with Gasteiger partial charge in [0.2, 0.25) is 0 Å². The Bertz CT molecular complexity index is 890. The number of ketones is 1. The summed E-state index contributed by atoms with van der Waals surface area (Å²) in [7, 11) is -3.76. The minimum atomic E-state index is -3.76. The van der Waals surface area contributed by atoms with Crippen molar-refractivity contribution in [3.05, 3.63) is 48.2 Å². The summed E-state index contributed by atoms with van der Waals surface area (Å²) in [5, 5.41) is 3.35. The summed E-state index contributed by atoms with van der Waals surface area (Å²) in [5.41, 5.74) is 0.425. The van der Waals surface area contributed by atoms with Crippen molar-refractivity contribution in [1.82, 2.24) is 10.3 Å². The lowest BCUT2D eigenvalue weighted by Gasteiger charge is -2.11. The van der Waals surface area contributed by atoms with Crippen LogP contribution in [0.25, 0.3) is 0 Å². The number of carbonyl (C=O) groups excluding carboxylic acids is 1. The summed E-state index contributed by atoms with van der Waals surface area (Å²) in [6, 6.07) is 9.30. The van der Waals surface area contributed by atoms with Crippen LogP contribution in [0.4, 0.5) is 5.82 Å². The number of ether oxygens (including phenoxy) is 1. The van der Waals surface area contributed by atoms with Gasteiger partial charge in [0.15, 0.2) is 5.78 Å². The molecule has 3 rings (SSSR count). The zero-order valence-corrected chi connectivity index (χ0v) is 16.7. The Morgan fingerprint density at radius 1 is 1.25 bits per heavy atom. The molecule has 0 bridgehead atoms. The number of benzene rings is 1. The third kappa shape index (κ3) is 5.53. The first kappa shape index (κ1) is 20.3. The van der Waals surface area contributed by atoms with E-state index in [0.29, 0.717) is 17.9 Å². The van der Waals surface area contributed by atoms with Crippen LogP contribution in [0, 0.1) is 5.92 Å². The maximum atomic E-state index is 12.5. The van der Waals surface area contributed by atoms with E-state index in [9.17, 15) is 13.2 Å². The highest BCUT2D eigenvalue weighted by Gasteiger charge is 2.16. The molecule has 0 amide bonds. The Morgan fingerprint density at radius 3 is 2.64 bits per heavy atom. The van der Waals surface area contributed by atoms with Crippen LogP contribution in [0.3, 0.4) is 0 Å².